The van der Waals surface area contributed by atoms with Gasteiger partial charge >= 0.3 is 0 Å². The van der Waals surface area contributed by atoms with Crippen LogP contribution in [0.5, 0.6) is 5.75 Å². The minimum atomic E-state index is -0.543. The molecule has 2 aromatic carbocycles. The molecule has 0 atom stereocenters. The second-order valence-electron chi connectivity index (χ2n) is 6.71. The number of benzene rings is 2. The smallest absolute Gasteiger partial charge is 0.262 e. The molecule has 1 fully saturated rings. The number of ether oxygens (including phenoxy) is 1. The summed E-state index contributed by atoms with van der Waals surface area (Å²) < 4.78 is 5.44. The molecular weight excluding hydrogens is 344 g/mol. The van der Waals surface area contributed by atoms with Crippen molar-refractivity contribution in [1.82, 2.24) is 9.97 Å². The number of rotatable bonds is 6. The van der Waals surface area contributed by atoms with Crippen LogP contribution in [0.1, 0.15) is 41.4 Å². The van der Waals surface area contributed by atoms with E-state index in [2.05, 4.69) is 15.3 Å². The predicted molar refractivity (Wildman–Crippen MR) is 102 cm³/mol. The molecule has 138 valence electrons. The molecule has 1 aromatic heterocycles. The molecule has 1 saturated carbocycles. The van der Waals surface area contributed by atoms with Crippen molar-refractivity contribution in [2.75, 3.05) is 11.9 Å². The molecule has 3 aromatic rings. The van der Waals surface area contributed by atoms with E-state index in [1.54, 1.807) is 18.2 Å². The van der Waals surface area contributed by atoms with Crippen molar-refractivity contribution in [3.63, 3.8) is 0 Å². The first-order valence-corrected chi connectivity index (χ1v) is 8.91. The maximum absolute atomic E-state index is 12.2. The van der Waals surface area contributed by atoms with Crippen molar-refractivity contribution in [3.05, 3.63) is 53.9 Å². The largest absolute Gasteiger partial charge is 0.484 e. The highest BCUT2D eigenvalue weighted by Gasteiger charge is 2.22. The van der Waals surface area contributed by atoms with Crippen LogP contribution in [-0.4, -0.2) is 28.4 Å². The molecule has 0 spiro atoms. The number of fused-ring (bicyclic) bond motifs is 1. The van der Waals surface area contributed by atoms with Gasteiger partial charge in [0.25, 0.3) is 5.91 Å². The van der Waals surface area contributed by atoms with E-state index in [0.29, 0.717) is 22.9 Å². The summed E-state index contributed by atoms with van der Waals surface area (Å²) in [4.78, 5) is 31.3. The minimum Gasteiger partial charge on any atom is -0.484 e. The number of nitrogens with one attached hydrogen (secondary N) is 2. The number of aromatic amines is 1. The maximum Gasteiger partial charge on any atom is 0.262 e. The standard InChI is InChI=1S/C20H20N4O3/c21-19(26)13-5-2-6-15(9-13)27-11-18(25)22-14-7-8-16-17(10-14)24-20(23-16)12-3-1-4-12/h2,5-10,12H,1,3-4,11H2,(H2,21,26)(H,22,25)(H,23,24). The van der Waals surface area contributed by atoms with Crippen LogP contribution in [0.4, 0.5) is 5.69 Å². The molecule has 0 aliphatic heterocycles. The van der Waals surface area contributed by atoms with Gasteiger partial charge in [-0.1, -0.05) is 12.5 Å². The van der Waals surface area contributed by atoms with Gasteiger partial charge in [-0.05, 0) is 49.2 Å². The summed E-state index contributed by atoms with van der Waals surface area (Å²) in [7, 11) is 0. The van der Waals surface area contributed by atoms with Gasteiger partial charge in [-0.15, -0.1) is 0 Å². The number of nitrogens with zero attached hydrogens (tertiary/aromatic N) is 1. The number of carbonyl (C=O) groups is 2. The fourth-order valence-corrected chi connectivity index (χ4v) is 3.07. The van der Waals surface area contributed by atoms with Gasteiger partial charge in [0.15, 0.2) is 6.61 Å². The van der Waals surface area contributed by atoms with Crippen LogP contribution >= 0.6 is 0 Å². The molecule has 0 bridgehead atoms. The van der Waals surface area contributed by atoms with E-state index in [-0.39, 0.29) is 12.5 Å². The number of aromatic nitrogens is 2. The van der Waals surface area contributed by atoms with Gasteiger partial charge in [0.1, 0.15) is 11.6 Å². The Bertz CT molecular complexity index is 1010. The number of H-pyrrole nitrogens is 1. The van der Waals surface area contributed by atoms with E-state index < -0.39 is 5.91 Å². The van der Waals surface area contributed by atoms with E-state index in [1.807, 2.05) is 18.2 Å². The molecule has 4 rings (SSSR count). The summed E-state index contributed by atoms with van der Waals surface area (Å²) in [6, 6.07) is 12.0. The summed E-state index contributed by atoms with van der Waals surface area (Å²) in [5.41, 5.74) is 8.05. The lowest BCUT2D eigenvalue weighted by Crippen LogP contribution is -2.20. The number of hydrogen-bond acceptors (Lipinski definition) is 4. The van der Waals surface area contributed by atoms with Crippen molar-refractivity contribution < 1.29 is 14.3 Å². The molecule has 2 amide bonds. The Balaban J connectivity index is 1.38. The molecule has 7 heteroatoms. The van der Waals surface area contributed by atoms with E-state index in [9.17, 15) is 9.59 Å². The highest BCUT2D eigenvalue weighted by molar-refractivity contribution is 5.94. The monoisotopic (exact) mass is 364 g/mol. The Labute approximate surface area is 155 Å². The summed E-state index contributed by atoms with van der Waals surface area (Å²) in [6.45, 7) is -0.170. The number of carbonyl (C=O) groups excluding carboxylic acids is 2. The molecule has 0 saturated heterocycles. The zero-order valence-corrected chi connectivity index (χ0v) is 14.7. The van der Waals surface area contributed by atoms with Crippen LogP contribution in [0.25, 0.3) is 11.0 Å². The molecule has 0 radical (unpaired) electrons. The Morgan fingerprint density at radius 3 is 2.81 bits per heavy atom. The first-order chi connectivity index (χ1) is 13.1. The quantitative estimate of drug-likeness (QED) is 0.624. The van der Waals surface area contributed by atoms with Crippen molar-refractivity contribution in [3.8, 4) is 5.75 Å². The average Bonchev–Trinajstić information content (AvgIpc) is 3.01. The lowest BCUT2D eigenvalue weighted by molar-refractivity contribution is -0.118. The van der Waals surface area contributed by atoms with Crippen LogP contribution in [0.15, 0.2) is 42.5 Å². The fourth-order valence-electron chi connectivity index (χ4n) is 3.07. The fraction of sp³-hybridized carbons (Fsp3) is 0.250. The van der Waals surface area contributed by atoms with Gasteiger partial charge in [-0.2, -0.15) is 0 Å². The second kappa shape index (κ2) is 7.11. The maximum atomic E-state index is 12.2. The zero-order chi connectivity index (χ0) is 18.8. The van der Waals surface area contributed by atoms with Gasteiger partial charge in [-0.3, -0.25) is 9.59 Å². The number of nitrogens with two attached hydrogens (primary N) is 1. The molecule has 1 aliphatic rings. The summed E-state index contributed by atoms with van der Waals surface area (Å²) in [5.74, 6) is 1.13. The highest BCUT2D eigenvalue weighted by atomic mass is 16.5. The topological polar surface area (TPSA) is 110 Å². The van der Waals surface area contributed by atoms with Crippen molar-refractivity contribution in [2.45, 2.75) is 25.2 Å². The van der Waals surface area contributed by atoms with Gasteiger partial charge in [0, 0.05) is 17.2 Å². The van der Waals surface area contributed by atoms with Crippen molar-refractivity contribution >= 4 is 28.5 Å². The Morgan fingerprint density at radius 1 is 1.22 bits per heavy atom. The second-order valence-corrected chi connectivity index (χ2v) is 6.71. The minimum absolute atomic E-state index is 0.170. The van der Waals surface area contributed by atoms with Crippen molar-refractivity contribution in [1.29, 1.82) is 0 Å². The first-order valence-electron chi connectivity index (χ1n) is 8.91. The van der Waals surface area contributed by atoms with Gasteiger partial charge in [0.2, 0.25) is 5.91 Å². The van der Waals surface area contributed by atoms with E-state index in [4.69, 9.17) is 10.5 Å². The van der Waals surface area contributed by atoms with E-state index >= 15 is 0 Å². The SMILES string of the molecule is NC(=O)c1cccc(OCC(=O)Nc2ccc3nc(C4CCC4)[nH]c3c2)c1. The molecule has 0 unspecified atom stereocenters. The summed E-state index contributed by atoms with van der Waals surface area (Å²) in [6.07, 6.45) is 3.61. The third-order valence-electron chi connectivity index (χ3n) is 4.76. The first kappa shape index (κ1) is 17.1. The Kier molecular flexibility index (Phi) is 4.50. The van der Waals surface area contributed by atoms with Crippen LogP contribution in [0.2, 0.25) is 0 Å². The Hall–Kier alpha value is -3.35. The van der Waals surface area contributed by atoms with Crippen LogP contribution < -0.4 is 15.8 Å². The Morgan fingerprint density at radius 2 is 2.07 bits per heavy atom. The lowest BCUT2D eigenvalue weighted by atomic mass is 9.85. The van der Waals surface area contributed by atoms with Crippen molar-refractivity contribution in [2.24, 2.45) is 5.73 Å². The third-order valence-corrected chi connectivity index (χ3v) is 4.76. The van der Waals surface area contributed by atoms with Gasteiger partial charge < -0.3 is 20.8 Å². The normalized spacial score (nSPS) is 13.9. The van der Waals surface area contributed by atoms with E-state index in [1.165, 1.54) is 25.3 Å². The number of imidazole rings is 1. The van der Waals surface area contributed by atoms with Gasteiger partial charge in [-0.25, -0.2) is 4.98 Å². The lowest BCUT2D eigenvalue weighted by Gasteiger charge is -2.22. The number of anilines is 1. The summed E-state index contributed by atoms with van der Waals surface area (Å²) in [5, 5.41) is 2.80. The summed E-state index contributed by atoms with van der Waals surface area (Å²) >= 11 is 0. The number of hydrogen-bond donors (Lipinski definition) is 3. The van der Waals surface area contributed by atoms with Gasteiger partial charge in [0.05, 0.1) is 11.0 Å². The molecule has 27 heavy (non-hydrogen) atoms. The highest BCUT2D eigenvalue weighted by Crippen LogP contribution is 2.35. The molecular formula is C20H20N4O3. The zero-order valence-electron chi connectivity index (χ0n) is 14.7. The van der Waals surface area contributed by atoms with Crippen LogP contribution in [0, 0.1) is 0 Å². The van der Waals surface area contributed by atoms with E-state index in [0.717, 1.165) is 16.9 Å². The third kappa shape index (κ3) is 3.76. The molecule has 7 nitrogen and oxygen atoms in total. The number of primary amides is 1. The average molecular weight is 364 g/mol. The number of amides is 2. The van der Waals surface area contributed by atoms with Crippen LogP contribution in [0.3, 0.4) is 0 Å². The molecule has 4 N–H and O–H groups in total. The van der Waals surface area contributed by atoms with Crippen LogP contribution in [-0.2, 0) is 4.79 Å². The molecule has 1 heterocycles. The molecule has 1 aliphatic carbocycles. The predicted octanol–water partition coefficient (Wildman–Crippen LogP) is 2.95.